The second-order valence-electron chi connectivity index (χ2n) is 5.24. The van der Waals surface area contributed by atoms with Gasteiger partial charge in [0, 0.05) is 13.1 Å². The Morgan fingerprint density at radius 2 is 2.22 bits per heavy atom. The van der Waals surface area contributed by atoms with Crippen molar-refractivity contribution < 1.29 is 9.90 Å². The van der Waals surface area contributed by atoms with Crippen LogP contribution < -0.4 is 0 Å². The molecule has 3 nitrogen and oxygen atoms in total. The fourth-order valence-electron chi connectivity index (χ4n) is 2.45. The molecule has 98 valence electrons. The van der Waals surface area contributed by atoms with E-state index in [1.165, 1.54) is 5.56 Å². The van der Waals surface area contributed by atoms with E-state index in [1.807, 2.05) is 13.8 Å². The number of aryl methyl sites for hydroxylation is 2. The van der Waals surface area contributed by atoms with Gasteiger partial charge in [0.1, 0.15) is 0 Å². The summed E-state index contributed by atoms with van der Waals surface area (Å²) in [6, 6.07) is 6.20. The second-order valence-corrected chi connectivity index (χ2v) is 5.24. The van der Waals surface area contributed by atoms with Gasteiger partial charge in [-0.25, -0.2) is 0 Å². The fraction of sp³-hybridized carbons (Fsp3) is 0.533. The van der Waals surface area contributed by atoms with Crippen LogP contribution in [0.2, 0.25) is 0 Å². The number of carbonyl (C=O) groups is 1. The Balaban J connectivity index is 2.04. The van der Waals surface area contributed by atoms with Gasteiger partial charge in [-0.1, -0.05) is 23.8 Å². The van der Waals surface area contributed by atoms with E-state index in [9.17, 15) is 9.90 Å². The molecule has 0 aliphatic carbocycles. The van der Waals surface area contributed by atoms with Gasteiger partial charge in [0.25, 0.3) is 0 Å². The molecular formula is C15H21NO2. The van der Waals surface area contributed by atoms with E-state index >= 15 is 0 Å². The molecule has 1 amide bonds. The fourth-order valence-corrected chi connectivity index (χ4v) is 2.45. The van der Waals surface area contributed by atoms with E-state index in [2.05, 4.69) is 18.2 Å². The van der Waals surface area contributed by atoms with Gasteiger partial charge in [-0.2, -0.15) is 0 Å². The minimum Gasteiger partial charge on any atom is -0.391 e. The largest absolute Gasteiger partial charge is 0.391 e. The standard InChI is InChI=1S/C15H21NO2/c1-11-5-6-12(2)13(8-11)9-15(18)16-7-3-4-14(17)10-16/h5-6,8,14,17H,3-4,7,9-10H2,1-2H3. The Morgan fingerprint density at radius 1 is 1.44 bits per heavy atom. The maximum atomic E-state index is 12.2. The van der Waals surface area contributed by atoms with E-state index in [-0.39, 0.29) is 12.0 Å². The molecule has 1 aromatic carbocycles. The molecule has 1 aliphatic heterocycles. The third kappa shape index (κ3) is 3.10. The third-order valence-corrected chi connectivity index (χ3v) is 3.60. The minimum absolute atomic E-state index is 0.127. The molecule has 2 rings (SSSR count). The summed E-state index contributed by atoms with van der Waals surface area (Å²) in [6.45, 7) is 5.34. The van der Waals surface area contributed by atoms with Crippen molar-refractivity contribution in [3.8, 4) is 0 Å². The molecule has 1 aromatic rings. The molecule has 0 bridgehead atoms. The van der Waals surface area contributed by atoms with Gasteiger partial charge in [0.15, 0.2) is 0 Å². The number of aliphatic hydroxyl groups is 1. The van der Waals surface area contributed by atoms with E-state index in [1.54, 1.807) is 4.90 Å². The van der Waals surface area contributed by atoms with Gasteiger partial charge in [0.05, 0.1) is 12.5 Å². The van der Waals surface area contributed by atoms with Crippen LogP contribution >= 0.6 is 0 Å². The van der Waals surface area contributed by atoms with Crippen molar-refractivity contribution in [2.24, 2.45) is 0 Å². The normalized spacial score (nSPS) is 19.9. The van der Waals surface area contributed by atoms with Crippen molar-refractivity contribution in [2.75, 3.05) is 13.1 Å². The average molecular weight is 247 g/mol. The van der Waals surface area contributed by atoms with Crippen molar-refractivity contribution in [1.29, 1.82) is 0 Å². The number of piperidine rings is 1. The Kier molecular flexibility index (Phi) is 4.02. The first-order valence-electron chi connectivity index (χ1n) is 6.58. The Morgan fingerprint density at radius 3 is 2.94 bits per heavy atom. The highest BCUT2D eigenvalue weighted by Gasteiger charge is 2.22. The summed E-state index contributed by atoms with van der Waals surface area (Å²) in [6.07, 6.45) is 1.81. The number of nitrogens with zero attached hydrogens (tertiary/aromatic N) is 1. The number of carbonyl (C=O) groups excluding carboxylic acids is 1. The summed E-state index contributed by atoms with van der Waals surface area (Å²) in [4.78, 5) is 14.0. The van der Waals surface area contributed by atoms with Crippen LogP contribution in [0.1, 0.15) is 29.5 Å². The van der Waals surface area contributed by atoms with Gasteiger partial charge in [-0.15, -0.1) is 0 Å². The zero-order valence-electron chi connectivity index (χ0n) is 11.1. The van der Waals surface area contributed by atoms with E-state index < -0.39 is 0 Å². The number of amides is 1. The first-order valence-corrected chi connectivity index (χ1v) is 6.58. The molecule has 1 heterocycles. The molecule has 1 N–H and O–H groups in total. The maximum absolute atomic E-state index is 12.2. The number of hydrogen-bond acceptors (Lipinski definition) is 2. The zero-order chi connectivity index (χ0) is 13.1. The zero-order valence-corrected chi connectivity index (χ0v) is 11.1. The summed E-state index contributed by atoms with van der Waals surface area (Å²) in [5, 5.41) is 9.60. The van der Waals surface area contributed by atoms with Crippen LogP contribution in [0.5, 0.6) is 0 Å². The SMILES string of the molecule is Cc1ccc(C)c(CC(=O)N2CCCC(O)C2)c1. The van der Waals surface area contributed by atoms with Gasteiger partial charge >= 0.3 is 0 Å². The van der Waals surface area contributed by atoms with Crippen molar-refractivity contribution in [3.63, 3.8) is 0 Å². The lowest BCUT2D eigenvalue weighted by atomic mass is 10.0. The number of likely N-dealkylation sites (tertiary alicyclic amines) is 1. The van der Waals surface area contributed by atoms with E-state index in [0.717, 1.165) is 30.5 Å². The van der Waals surface area contributed by atoms with Crippen molar-refractivity contribution in [1.82, 2.24) is 4.90 Å². The van der Waals surface area contributed by atoms with Gasteiger partial charge in [0.2, 0.25) is 5.91 Å². The topological polar surface area (TPSA) is 40.5 Å². The quantitative estimate of drug-likeness (QED) is 0.866. The Hall–Kier alpha value is -1.35. The van der Waals surface area contributed by atoms with Crippen LogP contribution in [0.4, 0.5) is 0 Å². The lowest BCUT2D eigenvalue weighted by molar-refractivity contribution is -0.133. The number of β-amino-alcohol motifs (C(OH)–C–C–N with tert-alkyl or cyclic N) is 1. The molecule has 3 heteroatoms. The molecule has 0 aromatic heterocycles. The number of rotatable bonds is 2. The van der Waals surface area contributed by atoms with Crippen LogP contribution in [-0.4, -0.2) is 35.1 Å². The molecule has 1 aliphatic rings. The van der Waals surface area contributed by atoms with Crippen LogP contribution in [0.25, 0.3) is 0 Å². The number of aliphatic hydroxyl groups excluding tert-OH is 1. The summed E-state index contributed by atoms with van der Waals surface area (Å²) >= 11 is 0. The maximum Gasteiger partial charge on any atom is 0.227 e. The highest BCUT2D eigenvalue weighted by Crippen LogP contribution is 2.15. The van der Waals surface area contributed by atoms with E-state index in [4.69, 9.17) is 0 Å². The minimum atomic E-state index is -0.346. The molecule has 0 radical (unpaired) electrons. The molecule has 1 atom stereocenters. The van der Waals surface area contributed by atoms with E-state index in [0.29, 0.717) is 13.0 Å². The van der Waals surface area contributed by atoms with Crippen LogP contribution in [0.15, 0.2) is 18.2 Å². The lowest BCUT2D eigenvalue weighted by Gasteiger charge is -2.30. The molecule has 18 heavy (non-hydrogen) atoms. The predicted molar refractivity (Wildman–Crippen MR) is 71.4 cm³/mol. The summed E-state index contributed by atoms with van der Waals surface area (Å²) in [5.74, 6) is 0.127. The molecule has 1 fully saturated rings. The van der Waals surface area contributed by atoms with Gasteiger partial charge < -0.3 is 10.0 Å². The highest BCUT2D eigenvalue weighted by molar-refractivity contribution is 5.79. The Bertz CT molecular complexity index is 442. The molecule has 1 unspecified atom stereocenters. The van der Waals surface area contributed by atoms with Crippen molar-refractivity contribution in [2.45, 2.75) is 39.2 Å². The predicted octanol–water partition coefficient (Wildman–Crippen LogP) is 1.83. The third-order valence-electron chi connectivity index (χ3n) is 3.60. The summed E-state index contributed by atoms with van der Waals surface area (Å²) < 4.78 is 0. The van der Waals surface area contributed by atoms with Crippen molar-refractivity contribution >= 4 is 5.91 Å². The molecule has 0 saturated carbocycles. The van der Waals surface area contributed by atoms with Gasteiger partial charge in [-0.3, -0.25) is 4.79 Å². The summed E-state index contributed by atoms with van der Waals surface area (Å²) in [7, 11) is 0. The van der Waals surface area contributed by atoms with Crippen LogP contribution in [0, 0.1) is 13.8 Å². The number of benzene rings is 1. The monoisotopic (exact) mass is 247 g/mol. The summed E-state index contributed by atoms with van der Waals surface area (Å²) in [5.41, 5.74) is 3.44. The Labute approximate surface area is 108 Å². The van der Waals surface area contributed by atoms with Crippen LogP contribution in [0.3, 0.4) is 0 Å². The molecular weight excluding hydrogens is 226 g/mol. The van der Waals surface area contributed by atoms with Gasteiger partial charge in [-0.05, 0) is 37.8 Å². The number of hydrogen-bond donors (Lipinski definition) is 1. The average Bonchev–Trinajstić information content (AvgIpc) is 2.34. The first kappa shape index (κ1) is 13.1. The first-order chi connectivity index (χ1) is 8.56. The smallest absolute Gasteiger partial charge is 0.227 e. The molecule has 1 saturated heterocycles. The second kappa shape index (κ2) is 5.53. The molecule has 0 spiro atoms. The highest BCUT2D eigenvalue weighted by atomic mass is 16.3. The van der Waals surface area contributed by atoms with Crippen LogP contribution in [-0.2, 0) is 11.2 Å². The van der Waals surface area contributed by atoms with Crippen molar-refractivity contribution in [3.05, 3.63) is 34.9 Å². The lowest BCUT2D eigenvalue weighted by Crippen LogP contribution is -2.42.